The first-order valence-electron chi connectivity index (χ1n) is 10.3. The Balaban J connectivity index is 1.18. The zero-order valence-corrected chi connectivity index (χ0v) is 17.0. The number of aromatic nitrogens is 5. The molecule has 4 aromatic heterocycles. The van der Waals surface area contributed by atoms with Crippen molar-refractivity contribution >= 4 is 11.4 Å². The van der Waals surface area contributed by atoms with Gasteiger partial charge in [0.05, 0.1) is 12.1 Å². The van der Waals surface area contributed by atoms with Crippen LogP contribution in [0.4, 0.5) is 0 Å². The van der Waals surface area contributed by atoms with E-state index in [0.717, 1.165) is 18.6 Å². The van der Waals surface area contributed by atoms with Crippen molar-refractivity contribution in [3.63, 3.8) is 0 Å². The third-order valence-corrected chi connectivity index (χ3v) is 5.63. The predicted molar refractivity (Wildman–Crippen MR) is 115 cm³/mol. The van der Waals surface area contributed by atoms with Crippen LogP contribution in [-0.2, 0) is 6.54 Å². The first-order valence-corrected chi connectivity index (χ1v) is 10.3. The van der Waals surface area contributed by atoms with E-state index in [-0.39, 0.29) is 11.5 Å². The lowest BCUT2D eigenvalue weighted by Crippen LogP contribution is -2.49. The van der Waals surface area contributed by atoms with Crippen LogP contribution in [0.15, 0.2) is 72.0 Å². The summed E-state index contributed by atoms with van der Waals surface area (Å²) in [4.78, 5) is 29.2. The highest BCUT2D eigenvalue weighted by Gasteiger charge is 2.23. The molecule has 5 heterocycles. The Kier molecular flexibility index (Phi) is 5.09. The molecule has 9 nitrogen and oxygen atoms in total. The maximum atomic E-state index is 12.9. The lowest BCUT2D eigenvalue weighted by molar-refractivity contribution is 0.0631. The van der Waals surface area contributed by atoms with Crippen molar-refractivity contribution in [1.29, 1.82) is 0 Å². The van der Waals surface area contributed by atoms with Crippen molar-refractivity contribution < 1.29 is 4.79 Å². The first-order chi connectivity index (χ1) is 15.2. The van der Waals surface area contributed by atoms with Crippen LogP contribution in [0.2, 0.25) is 0 Å². The number of hydrogen-bond donors (Lipinski definition) is 0. The monoisotopic (exact) mass is 417 g/mol. The van der Waals surface area contributed by atoms with Gasteiger partial charge < -0.3 is 9.30 Å². The van der Waals surface area contributed by atoms with Gasteiger partial charge in [-0.2, -0.15) is 5.10 Å². The van der Waals surface area contributed by atoms with Gasteiger partial charge >= 0.3 is 0 Å². The van der Waals surface area contributed by atoms with Crippen LogP contribution in [-0.4, -0.2) is 72.4 Å². The molecule has 1 amide bonds. The highest BCUT2D eigenvalue weighted by Crippen LogP contribution is 2.14. The van der Waals surface area contributed by atoms with Crippen LogP contribution in [0.1, 0.15) is 10.4 Å². The Morgan fingerprint density at radius 3 is 2.61 bits per heavy atom. The van der Waals surface area contributed by atoms with Gasteiger partial charge in [-0.15, -0.1) is 5.10 Å². The highest BCUT2D eigenvalue weighted by atomic mass is 16.2. The number of nitrogens with zero attached hydrogens (tertiary/aromatic N) is 7. The fourth-order valence-corrected chi connectivity index (χ4v) is 3.89. The van der Waals surface area contributed by atoms with Gasteiger partial charge in [0.25, 0.3) is 11.5 Å². The van der Waals surface area contributed by atoms with Crippen molar-refractivity contribution in [2.45, 2.75) is 6.54 Å². The van der Waals surface area contributed by atoms with Gasteiger partial charge in [0, 0.05) is 69.1 Å². The zero-order valence-electron chi connectivity index (χ0n) is 17.0. The summed E-state index contributed by atoms with van der Waals surface area (Å²) in [5, 5.41) is 8.57. The standard InChI is InChI=1S/C22H23N7O2/c30-21-6-5-20(28-9-3-7-23-28)24-29(21)15-12-25-10-13-26(14-11-25)22(31)18-16-19-4-1-2-8-27(19)17-18/h1-9,16-17H,10-15H2. The number of pyridine rings is 1. The largest absolute Gasteiger partial charge is 0.336 e. The Hall–Kier alpha value is -3.72. The molecule has 31 heavy (non-hydrogen) atoms. The van der Waals surface area contributed by atoms with E-state index in [1.54, 1.807) is 23.1 Å². The quantitative estimate of drug-likeness (QED) is 0.487. The number of carbonyl (C=O) groups is 1. The Labute approximate surface area is 178 Å². The van der Waals surface area contributed by atoms with Gasteiger partial charge in [0.1, 0.15) is 0 Å². The summed E-state index contributed by atoms with van der Waals surface area (Å²) in [6.45, 7) is 4.07. The van der Waals surface area contributed by atoms with Gasteiger partial charge in [0.15, 0.2) is 5.82 Å². The Morgan fingerprint density at radius 1 is 0.968 bits per heavy atom. The minimum atomic E-state index is -0.134. The summed E-state index contributed by atoms with van der Waals surface area (Å²) in [7, 11) is 0. The molecule has 0 bridgehead atoms. The summed E-state index contributed by atoms with van der Waals surface area (Å²) in [6, 6.07) is 12.8. The number of rotatable bonds is 5. The summed E-state index contributed by atoms with van der Waals surface area (Å²) >= 11 is 0. The molecule has 1 aliphatic rings. The molecule has 1 fully saturated rings. The lowest BCUT2D eigenvalue weighted by atomic mass is 10.2. The van der Waals surface area contributed by atoms with Crippen molar-refractivity contribution in [2.24, 2.45) is 0 Å². The third kappa shape index (κ3) is 3.99. The van der Waals surface area contributed by atoms with E-state index in [1.165, 1.54) is 10.7 Å². The van der Waals surface area contributed by atoms with E-state index >= 15 is 0 Å². The SMILES string of the molecule is O=C(c1cc2ccccn2c1)N1CCN(CCn2nc(-n3cccn3)ccc2=O)CC1. The van der Waals surface area contributed by atoms with E-state index in [1.807, 2.05) is 52.0 Å². The van der Waals surface area contributed by atoms with Crippen LogP contribution in [0.25, 0.3) is 11.3 Å². The maximum absolute atomic E-state index is 12.9. The maximum Gasteiger partial charge on any atom is 0.266 e. The summed E-state index contributed by atoms with van der Waals surface area (Å²) in [5.41, 5.74) is 1.59. The van der Waals surface area contributed by atoms with Crippen LogP contribution in [0, 0.1) is 0 Å². The average Bonchev–Trinajstić information content (AvgIpc) is 3.48. The van der Waals surface area contributed by atoms with Gasteiger partial charge in [-0.25, -0.2) is 9.36 Å². The van der Waals surface area contributed by atoms with Crippen molar-refractivity contribution in [3.05, 3.63) is 83.2 Å². The van der Waals surface area contributed by atoms with E-state index < -0.39 is 0 Å². The van der Waals surface area contributed by atoms with E-state index in [4.69, 9.17) is 0 Å². The number of piperazine rings is 1. The molecule has 158 valence electrons. The molecular weight excluding hydrogens is 394 g/mol. The number of amides is 1. The first kappa shape index (κ1) is 19.3. The van der Waals surface area contributed by atoms with Crippen LogP contribution in [0.5, 0.6) is 0 Å². The fraction of sp³-hybridized carbons (Fsp3) is 0.273. The molecule has 0 radical (unpaired) electrons. The fourth-order valence-electron chi connectivity index (χ4n) is 3.89. The minimum absolute atomic E-state index is 0.0631. The number of carbonyl (C=O) groups excluding carboxylic acids is 1. The third-order valence-electron chi connectivity index (χ3n) is 5.63. The van der Waals surface area contributed by atoms with Gasteiger partial charge in [0.2, 0.25) is 0 Å². The van der Waals surface area contributed by atoms with Gasteiger partial charge in [-0.1, -0.05) is 6.07 Å². The Morgan fingerprint density at radius 2 is 1.84 bits per heavy atom. The molecule has 1 saturated heterocycles. The van der Waals surface area contributed by atoms with Crippen LogP contribution in [0.3, 0.4) is 0 Å². The van der Waals surface area contributed by atoms with Gasteiger partial charge in [-0.05, 0) is 30.3 Å². The molecule has 0 aromatic carbocycles. The summed E-state index contributed by atoms with van der Waals surface area (Å²) in [5.74, 6) is 0.674. The van der Waals surface area contributed by atoms with Crippen molar-refractivity contribution in [3.8, 4) is 5.82 Å². The Bertz CT molecular complexity index is 1220. The molecule has 0 N–H and O–H groups in total. The van der Waals surface area contributed by atoms with Crippen LogP contribution >= 0.6 is 0 Å². The topological polar surface area (TPSA) is 80.7 Å². The molecule has 0 atom stereocenters. The van der Waals surface area contributed by atoms with Crippen LogP contribution < -0.4 is 5.56 Å². The molecular formula is C22H23N7O2. The second-order valence-electron chi connectivity index (χ2n) is 7.60. The highest BCUT2D eigenvalue weighted by molar-refractivity contribution is 5.95. The second kappa shape index (κ2) is 8.19. The smallest absolute Gasteiger partial charge is 0.266 e. The molecule has 5 rings (SSSR count). The molecule has 1 aliphatic heterocycles. The molecule has 4 aromatic rings. The minimum Gasteiger partial charge on any atom is -0.336 e. The molecule has 0 aliphatic carbocycles. The van der Waals surface area contributed by atoms with E-state index in [9.17, 15) is 9.59 Å². The van der Waals surface area contributed by atoms with Crippen molar-refractivity contribution in [2.75, 3.05) is 32.7 Å². The average molecular weight is 417 g/mol. The molecule has 0 spiro atoms. The summed E-state index contributed by atoms with van der Waals surface area (Å²) < 4.78 is 5.07. The normalized spacial score (nSPS) is 14.9. The van der Waals surface area contributed by atoms with Gasteiger partial charge in [-0.3, -0.25) is 14.5 Å². The predicted octanol–water partition coefficient (Wildman–Crippen LogP) is 1.14. The number of hydrogen-bond acceptors (Lipinski definition) is 5. The summed E-state index contributed by atoms with van der Waals surface area (Å²) in [6.07, 6.45) is 7.30. The second-order valence-corrected chi connectivity index (χ2v) is 7.60. The lowest BCUT2D eigenvalue weighted by Gasteiger charge is -2.34. The van der Waals surface area contributed by atoms with E-state index in [2.05, 4.69) is 15.1 Å². The number of fused-ring (bicyclic) bond motifs is 1. The molecule has 0 saturated carbocycles. The zero-order chi connectivity index (χ0) is 21.2. The molecule has 0 unspecified atom stereocenters. The van der Waals surface area contributed by atoms with Crippen molar-refractivity contribution in [1.82, 2.24) is 33.8 Å². The van der Waals surface area contributed by atoms with E-state index in [0.29, 0.717) is 37.6 Å². The molecule has 9 heteroatoms.